The van der Waals surface area contributed by atoms with Crippen molar-refractivity contribution in [1.82, 2.24) is 24.5 Å². The minimum atomic E-state index is -4.71. The highest BCUT2D eigenvalue weighted by Crippen LogP contribution is 2.32. The van der Waals surface area contributed by atoms with Gasteiger partial charge in [-0.3, -0.25) is 19.0 Å². The van der Waals surface area contributed by atoms with Crippen molar-refractivity contribution < 1.29 is 32.3 Å². The van der Waals surface area contributed by atoms with E-state index in [9.17, 15) is 32.3 Å². The molecule has 12 nitrogen and oxygen atoms in total. The summed E-state index contributed by atoms with van der Waals surface area (Å²) >= 11 is 6.18. The molecule has 234 valence electrons. The van der Waals surface area contributed by atoms with Crippen molar-refractivity contribution in [3.05, 3.63) is 81.6 Å². The van der Waals surface area contributed by atoms with Gasteiger partial charge in [0.25, 0.3) is 5.56 Å². The molecule has 0 aliphatic carbocycles. The average molecular weight is 644 g/mol. The van der Waals surface area contributed by atoms with E-state index in [2.05, 4.69) is 25.9 Å². The minimum absolute atomic E-state index is 0.0785. The monoisotopic (exact) mass is 643 g/mol. The van der Waals surface area contributed by atoms with Gasteiger partial charge in [0, 0.05) is 23.1 Å². The molecule has 0 saturated heterocycles. The van der Waals surface area contributed by atoms with E-state index in [1.165, 1.54) is 49.8 Å². The SMILES string of the molecule is COC(=O)c1ccc2c(c1)NC(=O)CCCCCC(n1cnc(-c3cc(Cl)ccc3-n3cc(C(F)(F)F)nn3)cc1=O)C(=O)N2. The first-order chi connectivity index (χ1) is 21.4. The Morgan fingerprint density at radius 1 is 1.02 bits per heavy atom. The van der Waals surface area contributed by atoms with E-state index in [4.69, 9.17) is 16.3 Å². The average Bonchev–Trinajstić information content (AvgIpc) is 3.50. The Bertz CT molecular complexity index is 1840. The lowest BCUT2D eigenvalue weighted by atomic mass is 10.0. The molecule has 0 bridgehead atoms. The summed E-state index contributed by atoms with van der Waals surface area (Å²) in [5.74, 6) is -1.49. The van der Waals surface area contributed by atoms with E-state index in [-0.39, 0.29) is 57.7 Å². The number of benzene rings is 2. The third-order valence-corrected chi connectivity index (χ3v) is 7.33. The lowest BCUT2D eigenvalue weighted by Crippen LogP contribution is -2.34. The standard InChI is InChI=1S/C29H25ClF3N7O5/c1-45-28(44)16-7-9-19-21(11-16)35-25(41)6-4-2-3-5-23(27(43)36-19)39-15-34-20(13-26(39)42)18-12-17(30)8-10-22(18)40-14-24(37-38-40)29(31,32)33/h7-15,23H,2-6H2,1H3,(H,35,41)(H,36,43). The number of rotatable bonds is 4. The Morgan fingerprint density at radius 2 is 1.82 bits per heavy atom. The van der Waals surface area contributed by atoms with Crippen molar-refractivity contribution in [3.63, 3.8) is 0 Å². The van der Waals surface area contributed by atoms with Gasteiger partial charge in [-0.05, 0) is 49.2 Å². The number of carbonyl (C=O) groups excluding carboxylic acids is 3. The van der Waals surface area contributed by atoms with Crippen LogP contribution in [0.25, 0.3) is 16.9 Å². The molecule has 1 aliphatic rings. The molecule has 0 spiro atoms. The quantitative estimate of drug-likeness (QED) is 0.294. The summed E-state index contributed by atoms with van der Waals surface area (Å²) in [5.41, 5.74) is -0.836. The molecule has 45 heavy (non-hydrogen) atoms. The molecule has 0 radical (unpaired) electrons. The normalized spacial score (nSPS) is 16.1. The van der Waals surface area contributed by atoms with Crippen LogP contribution in [-0.4, -0.2) is 49.4 Å². The van der Waals surface area contributed by atoms with Gasteiger partial charge in [-0.25, -0.2) is 14.5 Å². The molecule has 1 unspecified atom stereocenters. The highest BCUT2D eigenvalue weighted by Gasteiger charge is 2.35. The van der Waals surface area contributed by atoms with E-state index >= 15 is 0 Å². The molecule has 5 rings (SSSR count). The molecule has 2 aromatic carbocycles. The number of nitrogens with zero attached hydrogens (tertiary/aromatic N) is 5. The Morgan fingerprint density at radius 3 is 2.53 bits per heavy atom. The summed E-state index contributed by atoms with van der Waals surface area (Å²) in [6.07, 6.45) is -0.750. The molecule has 0 fully saturated rings. The summed E-state index contributed by atoms with van der Waals surface area (Å²) < 4.78 is 46.3. The van der Waals surface area contributed by atoms with Crippen molar-refractivity contribution in [2.45, 2.75) is 44.3 Å². The lowest BCUT2D eigenvalue weighted by Gasteiger charge is -2.22. The largest absolute Gasteiger partial charge is 0.465 e. The number of fused-ring (bicyclic) bond motifs is 1. The van der Waals surface area contributed by atoms with Crippen molar-refractivity contribution in [2.24, 2.45) is 0 Å². The van der Waals surface area contributed by atoms with Crippen molar-refractivity contribution in [2.75, 3.05) is 17.7 Å². The second-order valence-electron chi connectivity index (χ2n) is 10.1. The number of anilines is 2. The smallest absolute Gasteiger partial charge is 0.436 e. The number of methoxy groups -OCH3 is 1. The number of esters is 1. The van der Waals surface area contributed by atoms with Crippen LogP contribution in [0.1, 0.15) is 54.2 Å². The molecule has 2 aromatic heterocycles. The Balaban J connectivity index is 1.50. The fourth-order valence-electron chi connectivity index (χ4n) is 4.84. The van der Waals surface area contributed by atoms with Gasteiger partial charge in [0.2, 0.25) is 11.8 Å². The number of alkyl halides is 3. The molecular formula is C29H25ClF3N7O5. The van der Waals surface area contributed by atoms with Crippen LogP contribution in [0.5, 0.6) is 0 Å². The van der Waals surface area contributed by atoms with Gasteiger partial charge < -0.3 is 15.4 Å². The van der Waals surface area contributed by atoms with E-state index in [0.29, 0.717) is 25.5 Å². The van der Waals surface area contributed by atoms with E-state index in [0.717, 1.165) is 15.3 Å². The predicted molar refractivity (Wildman–Crippen MR) is 156 cm³/mol. The van der Waals surface area contributed by atoms with Gasteiger partial charge in [-0.2, -0.15) is 13.2 Å². The highest BCUT2D eigenvalue weighted by molar-refractivity contribution is 6.31. The zero-order valence-electron chi connectivity index (χ0n) is 23.6. The third-order valence-electron chi connectivity index (χ3n) is 7.09. The van der Waals surface area contributed by atoms with E-state index < -0.39 is 35.3 Å². The first-order valence-corrected chi connectivity index (χ1v) is 14.0. The Labute approximate surface area is 258 Å². The number of ether oxygens (including phenoxy) is 1. The minimum Gasteiger partial charge on any atom is -0.465 e. The topological polar surface area (TPSA) is 150 Å². The molecule has 3 heterocycles. The zero-order valence-corrected chi connectivity index (χ0v) is 24.4. The molecule has 4 aromatic rings. The van der Waals surface area contributed by atoms with Gasteiger partial charge >= 0.3 is 12.1 Å². The lowest BCUT2D eigenvalue weighted by molar-refractivity contribution is -0.141. The fraction of sp³-hybridized carbons (Fsp3) is 0.276. The summed E-state index contributed by atoms with van der Waals surface area (Å²) in [7, 11) is 1.22. The van der Waals surface area contributed by atoms with Crippen LogP contribution in [0.15, 0.2) is 59.8 Å². The van der Waals surface area contributed by atoms with Crippen molar-refractivity contribution in [3.8, 4) is 16.9 Å². The molecule has 16 heteroatoms. The van der Waals surface area contributed by atoms with Gasteiger partial charge in [-0.15, -0.1) is 5.10 Å². The molecular weight excluding hydrogens is 619 g/mol. The van der Waals surface area contributed by atoms with Crippen molar-refractivity contribution in [1.29, 1.82) is 0 Å². The maximum absolute atomic E-state index is 13.6. The molecule has 1 aliphatic heterocycles. The first kappa shape index (κ1) is 31.4. The number of hydrogen-bond donors (Lipinski definition) is 2. The van der Waals surface area contributed by atoms with Gasteiger partial charge in [0.1, 0.15) is 6.04 Å². The maximum Gasteiger partial charge on any atom is 0.436 e. The summed E-state index contributed by atoms with van der Waals surface area (Å²) in [6, 6.07) is 8.69. The summed E-state index contributed by atoms with van der Waals surface area (Å²) in [6.45, 7) is 0. The Kier molecular flexibility index (Phi) is 8.99. The van der Waals surface area contributed by atoms with Crippen LogP contribution < -0.4 is 16.2 Å². The van der Waals surface area contributed by atoms with Crippen LogP contribution in [0.2, 0.25) is 5.02 Å². The van der Waals surface area contributed by atoms with Crippen LogP contribution in [0.3, 0.4) is 0 Å². The number of amides is 2. The predicted octanol–water partition coefficient (Wildman–Crippen LogP) is 5.03. The van der Waals surface area contributed by atoms with Gasteiger partial charge in [0.05, 0.1) is 48.0 Å². The maximum atomic E-state index is 13.6. The first-order valence-electron chi connectivity index (χ1n) is 13.7. The number of aromatic nitrogens is 5. The van der Waals surface area contributed by atoms with Crippen LogP contribution >= 0.6 is 11.6 Å². The van der Waals surface area contributed by atoms with Gasteiger partial charge in [0.15, 0.2) is 5.69 Å². The molecule has 2 amide bonds. The van der Waals surface area contributed by atoms with E-state index in [1.54, 1.807) is 0 Å². The van der Waals surface area contributed by atoms with E-state index in [1.807, 2.05) is 0 Å². The number of nitrogens with one attached hydrogen (secondary N) is 2. The van der Waals surface area contributed by atoms with Crippen LogP contribution in [0, 0.1) is 0 Å². The summed E-state index contributed by atoms with van der Waals surface area (Å²) in [4.78, 5) is 56.0. The molecule has 1 atom stereocenters. The number of halogens is 4. The highest BCUT2D eigenvalue weighted by atomic mass is 35.5. The number of hydrogen-bond acceptors (Lipinski definition) is 8. The fourth-order valence-corrected chi connectivity index (χ4v) is 5.01. The second-order valence-corrected chi connectivity index (χ2v) is 10.6. The van der Waals surface area contributed by atoms with Crippen molar-refractivity contribution >= 4 is 40.8 Å². The van der Waals surface area contributed by atoms with Crippen LogP contribution in [-0.2, 0) is 20.5 Å². The number of carbonyl (C=O) groups is 3. The molecule has 0 saturated carbocycles. The molecule has 2 N–H and O–H groups in total. The Hall–Kier alpha value is -5.05. The third kappa shape index (κ3) is 7.03. The van der Waals surface area contributed by atoms with Gasteiger partial charge in [-0.1, -0.05) is 29.7 Å². The van der Waals surface area contributed by atoms with Crippen LogP contribution in [0.4, 0.5) is 24.5 Å². The second kappa shape index (κ2) is 12.9. The zero-order chi connectivity index (χ0) is 32.3. The summed E-state index contributed by atoms with van der Waals surface area (Å²) in [5, 5.41) is 12.4.